The first kappa shape index (κ1) is 13.7. The summed E-state index contributed by atoms with van der Waals surface area (Å²) in [7, 11) is 0. The summed E-state index contributed by atoms with van der Waals surface area (Å²) in [5.41, 5.74) is -0.818. The number of nitrogens with one attached hydrogen (secondary N) is 1. The Kier molecular flexibility index (Phi) is 3.66. The molecule has 1 N–H and O–H groups in total. The number of anilines is 1. The molecular formula is C12H7BrF3NO2. The average Bonchev–Trinajstić information content (AvgIpc) is 2.84. The van der Waals surface area contributed by atoms with E-state index in [1.54, 1.807) is 0 Å². The van der Waals surface area contributed by atoms with Crippen LogP contribution in [0.4, 0.5) is 18.9 Å². The first-order valence-corrected chi connectivity index (χ1v) is 5.89. The van der Waals surface area contributed by atoms with Crippen LogP contribution in [0.2, 0.25) is 0 Å². The first-order valence-electron chi connectivity index (χ1n) is 5.09. The van der Waals surface area contributed by atoms with Gasteiger partial charge in [0.1, 0.15) is 0 Å². The Bertz CT molecular complexity index is 594. The number of hydrogen-bond donors (Lipinski definition) is 1. The summed E-state index contributed by atoms with van der Waals surface area (Å²) in [6.07, 6.45) is -3.17. The van der Waals surface area contributed by atoms with Crippen LogP contribution in [-0.4, -0.2) is 5.91 Å². The maximum absolute atomic E-state index is 12.6. The molecule has 1 aromatic heterocycles. The van der Waals surface area contributed by atoms with Crippen molar-refractivity contribution in [1.29, 1.82) is 0 Å². The van der Waals surface area contributed by atoms with Gasteiger partial charge < -0.3 is 9.73 Å². The summed E-state index contributed by atoms with van der Waals surface area (Å²) < 4.78 is 42.9. The van der Waals surface area contributed by atoms with Crippen LogP contribution in [0.3, 0.4) is 0 Å². The zero-order valence-corrected chi connectivity index (χ0v) is 10.9. The normalized spacial score (nSPS) is 11.4. The van der Waals surface area contributed by atoms with Gasteiger partial charge in [-0.25, -0.2) is 0 Å². The van der Waals surface area contributed by atoms with E-state index in [-0.39, 0.29) is 11.4 Å². The molecule has 1 aromatic carbocycles. The Labute approximate surface area is 114 Å². The van der Waals surface area contributed by atoms with Crippen LogP contribution < -0.4 is 5.32 Å². The van der Waals surface area contributed by atoms with Gasteiger partial charge in [0.15, 0.2) is 5.76 Å². The van der Waals surface area contributed by atoms with E-state index in [2.05, 4.69) is 21.2 Å². The summed E-state index contributed by atoms with van der Waals surface area (Å²) >= 11 is 3.08. The van der Waals surface area contributed by atoms with Crippen LogP contribution in [0.25, 0.3) is 0 Å². The van der Waals surface area contributed by atoms with Gasteiger partial charge in [0.25, 0.3) is 5.91 Å². The zero-order chi connectivity index (χ0) is 14.0. The van der Waals surface area contributed by atoms with Gasteiger partial charge in [-0.1, -0.05) is 0 Å². The molecule has 100 valence electrons. The Morgan fingerprint density at radius 3 is 2.58 bits per heavy atom. The fourth-order valence-corrected chi connectivity index (χ4v) is 1.73. The monoisotopic (exact) mass is 333 g/mol. The number of alkyl halides is 3. The van der Waals surface area contributed by atoms with Crippen molar-refractivity contribution in [2.24, 2.45) is 0 Å². The van der Waals surface area contributed by atoms with Gasteiger partial charge >= 0.3 is 6.18 Å². The quantitative estimate of drug-likeness (QED) is 0.889. The van der Waals surface area contributed by atoms with Crippen molar-refractivity contribution in [3.63, 3.8) is 0 Å². The maximum atomic E-state index is 12.6. The number of halogens is 4. The van der Waals surface area contributed by atoms with Gasteiger partial charge in [-0.15, -0.1) is 0 Å². The third kappa shape index (κ3) is 3.17. The molecule has 2 aromatic rings. The highest BCUT2D eigenvalue weighted by Crippen LogP contribution is 2.34. The van der Waals surface area contributed by atoms with Crippen LogP contribution in [-0.2, 0) is 6.18 Å². The number of amides is 1. The molecular weight excluding hydrogens is 327 g/mol. The lowest BCUT2D eigenvalue weighted by Gasteiger charge is -2.11. The molecule has 0 spiro atoms. The third-order valence-electron chi connectivity index (χ3n) is 2.29. The third-order valence-corrected chi connectivity index (χ3v) is 2.98. The number of rotatable bonds is 2. The number of carbonyl (C=O) groups excluding carboxylic acids is 1. The number of furan rings is 1. The summed E-state index contributed by atoms with van der Waals surface area (Å²) in [5.74, 6) is -0.602. The van der Waals surface area contributed by atoms with Crippen molar-refractivity contribution in [3.8, 4) is 0 Å². The second kappa shape index (κ2) is 5.08. The molecule has 3 nitrogen and oxygen atoms in total. The van der Waals surface area contributed by atoms with Gasteiger partial charge in [-0.3, -0.25) is 4.79 Å². The predicted octanol–water partition coefficient (Wildman–Crippen LogP) is 4.31. The van der Waals surface area contributed by atoms with Crippen LogP contribution in [0.5, 0.6) is 0 Å². The van der Waals surface area contributed by atoms with E-state index < -0.39 is 17.6 Å². The van der Waals surface area contributed by atoms with Crippen LogP contribution in [0.15, 0.2) is 45.5 Å². The average molecular weight is 334 g/mol. The van der Waals surface area contributed by atoms with E-state index in [9.17, 15) is 18.0 Å². The van der Waals surface area contributed by atoms with Crippen molar-refractivity contribution in [1.82, 2.24) is 0 Å². The zero-order valence-electron chi connectivity index (χ0n) is 9.29. The van der Waals surface area contributed by atoms with Crippen LogP contribution in [0, 0.1) is 0 Å². The Morgan fingerprint density at radius 2 is 2.00 bits per heavy atom. The molecule has 1 amide bonds. The number of hydrogen-bond acceptors (Lipinski definition) is 2. The van der Waals surface area contributed by atoms with Gasteiger partial charge in [-0.2, -0.15) is 13.2 Å². The van der Waals surface area contributed by atoms with Crippen LogP contribution in [0.1, 0.15) is 16.1 Å². The predicted molar refractivity (Wildman–Crippen MR) is 65.8 cm³/mol. The largest absolute Gasteiger partial charge is 0.459 e. The molecule has 2 rings (SSSR count). The lowest BCUT2D eigenvalue weighted by molar-refractivity contribution is -0.137. The number of carbonyl (C=O) groups is 1. The Morgan fingerprint density at radius 1 is 1.26 bits per heavy atom. The Hall–Kier alpha value is -1.76. The van der Waals surface area contributed by atoms with E-state index in [1.165, 1.54) is 24.5 Å². The molecule has 0 saturated carbocycles. The van der Waals surface area contributed by atoms with E-state index in [4.69, 9.17) is 4.42 Å². The second-order valence-electron chi connectivity index (χ2n) is 3.62. The van der Waals surface area contributed by atoms with E-state index in [0.717, 1.165) is 12.1 Å². The second-order valence-corrected chi connectivity index (χ2v) is 4.48. The van der Waals surface area contributed by atoms with Gasteiger partial charge in [-0.05, 0) is 46.3 Å². The summed E-state index contributed by atoms with van der Waals surface area (Å²) in [5, 5.41) is 2.35. The Balaban J connectivity index is 2.27. The van der Waals surface area contributed by atoms with Crippen molar-refractivity contribution in [3.05, 3.63) is 52.4 Å². The van der Waals surface area contributed by atoms with Gasteiger partial charge in [0, 0.05) is 4.47 Å². The van der Waals surface area contributed by atoms with Crippen molar-refractivity contribution < 1.29 is 22.4 Å². The standard InChI is InChI=1S/C12H7BrF3NO2/c13-8-4-3-7(12(14,15)16)6-9(8)17-11(18)10-2-1-5-19-10/h1-6H,(H,17,18). The van der Waals surface area contributed by atoms with Crippen molar-refractivity contribution in [2.45, 2.75) is 6.18 Å². The lowest BCUT2D eigenvalue weighted by Crippen LogP contribution is -2.13. The van der Waals surface area contributed by atoms with Gasteiger partial charge in [0.05, 0.1) is 17.5 Å². The molecule has 1 heterocycles. The molecule has 0 aliphatic carbocycles. The lowest BCUT2D eigenvalue weighted by atomic mass is 10.2. The fourth-order valence-electron chi connectivity index (χ4n) is 1.39. The molecule has 0 radical (unpaired) electrons. The minimum atomic E-state index is -4.47. The maximum Gasteiger partial charge on any atom is 0.416 e. The molecule has 0 atom stereocenters. The molecule has 19 heavy (non-hydrogen) atoms. The SMILES string of the molecule is O=C(Nc1cc(C(F)(F)F)ccc1Br)c1ccco1. The summed E-state index contributed by atoms with van der Waals surface area (Å²) in [6, 6.07) is 5.92. The van der Waals surface area contributed by atoms with E-state index >= 15 is 0 Å². The van der Waals surface area contributed by atoms with Crippen molar-refractivity contribution in [2.75, 3.05) is 5.32 Å². The minimum Gasteiger partial charge on any atom is -0.459 e. The van der Waals surface area contributed by atoms with Crippen molar-refractivity contribution >= 4 is 27.5 Å². The minimum absolute atomic E-state index is 0.0179. The highest BCUT2D eigenvalue weighted by atomic mass is 79.9. The molecule has 7 heteroatoms. The first-order chi connectivity index (χ1) is 8.88. The fraction of sp³-hybridized carbons (Fsp3) is 0.0833. The molecule has 0 aliphatic heterocycles. The highest BCUT2D eigenvalue weighted by molar-refractivity contribution is 9.10. The molecule has 0 aliphatic rings. The topological polar surface area (TPSA) is 42.2 Å². The van der Waals surface area contributed by atoms with Crippen LogP contribution >= 0.6 is 15.9 Å². The van der Waals surface area contributed by atoms with E-state index in [0.29, 0.717) is 4.47 Å². The van der Waals surface area contributed by atoms with Gasteiger partial charge in [0.2, 0.25) is 0 Å². The smallest absolute Gasteiger partial charge is 0.416 e. The van der Waals surface area contributed by atoms with E-state index in [1.807, 2.05) is 0 Å². The molecule has 0 saturated heterocycles. The highest BCUT2D eigenvalue weighted by Gasteiger charge is 2.31. The molecule has 0 bridgehead atoms. The number of benzene rings is 1. The molecule has 0 fully saturated rings. The summed E-state index contributed by atoms with van der Waals surface area (Å²) in [6.45, 7) is 0. The molecule has 0 unspecified atom stereocenters. The summed E-state index contributed by atoms with van der Waals surface area (Å²) in [4.78, 5) is 11.7.